The van der Waals surface area contributed by atoms with Crippen molar-refractivity contribution in [3.8, 4) is 0 Å². The van der Waals surface area contributed by atoms with Gasteiger partial charge in [0.2, 0.25) is 0 Å². The van der Waals surface area contributed by atoms with Gasteiger partial charge in [-0.15, -0.1) is 0 Å². The van der Waals surface area contributed by atoms with Crippen LogP contribution in [0.2, 0.25) is 0 Å². The molecule has 2 aliphatic rings. The van der Waals surface area contributed by atoms with Crippen LogP contribution in [0.5, 0.6) is 0 Å². The van der Waals surface area contributed by atoms with E-state index in [0.717, 1.165) is 44.5 Å². The number of allylic oxidation sites excluding steroid dienone is 3. The highest BCUT2D eigenvalue weighted by atomic mass is 127. The summed E-state index contributed by atoms with van der Waals surface area (Å²) >= 11 is 2.26. The van der Waals surface area contributed by atoms with Crippen molar-refractivity contribution in [2.75, 3.05) is 0 Å². The van der Waals surface area contributed by atoms with E-state index in [1.807, 2.05) is 61.5 Å². The Kier molecular flexibility index (Phi) is 5.85. The van der Waals surface area contributed by atoms with E-state index in [0.29, 0.717) is 12.0 Å². The minimum atomic E-state index is -0.392. The maximum Gasteiger partial charge on any atom is 0.337 e. The first-order valence-corrected chi connectivity index (χ1v) is 10.8. The van der Waals surface area contributed by atoms with E-state index in [1.54, 1.807) is 0 Å². The van der Waals surface area contributed by atoms with Gasteiger partial charge in [-0.05, 0) is 65.6 Å². The van der Waals surface area contributed by atoms with Crippen LogP contribution >= 0.6 is 22.6 Å². The minimum absolute atomic E-state index is 0.114. The number of Topliss-reactive ketones (excluding diaryl/α,β-unsaturated/α-hetero) is 1. The molecule has 0 radical (unpaired) electrons. The van der Waals surface area contributed by atoms with Gasteiger partial charge in [-0.25, -0.2) is 4.79 Å². The van der Waals surface area contributed by atoms with Gasteiger partial charge in [0, 0.05) is 32.9 Å². The average molecular weight is 499 g/mol. The van der Waals surface area contributed by atoms with E-state index in [-0.39, 0.29) is 18.4 Å². The van der Waals surface area contributed by atoms with Crippen molar-refractivity contribution in [1.29, 1.82) is 0 Å². The first-order chi connectivity index (χ1) is 14.0. The Balaban J connectivity index is 1.72. The van der Waals surface area contributed by atoms with Crippen molar-refractivity contribution in [1.82, 2.24) is 5.32 Å². The Morgan fingerprint density at radius 3 is 2.69 bits per heavy atom. The van der Waals surface area contributed by atoms with Gasteiger partial charge < -0.3 is 10.1 Å². The van der Waals surface area contributed by atoms with E-state index in [2.05, 4.69) is 27.9 Å². The Bertz CT molecular complexity index is 1020. The van der Waals surface area contributed by atoms with Crippen molar-refractivity contribution in [3.63, 3.8) is 0 Å². The van der Waals surface area contributed by atoms with Gasteiger partial charge in [-0.3, -0.25) is 4.79 Å². The van der Waals surface area contributed by atoms with Gasteiger partial charge in [-0.1, -0.05) is 42.5 Å². The quantitative estimate of drug-likeness (QED) is 0.475. The standard InChI is InChI=1S/C24H22INO3/c1-15-21(24(28)29-14-16-7-3-2-4-8-16)22(17-9-5-10-18(25)13-17)23-19(26-15)11-6-12-20(23)27/h2-5,7-10,13,22,26H,6,11-12,14H2,1H3. The molecule has 4 nitrogen and oxygen atoms in total. The zero-order valence-corrected chi connectivity index (χ0v) is 18.4. The van der Waals surface area contributed by atoms with Crippen LogP contribution in [0.4, 0.5) is 0 Å². The predicted molar refractivity (Wildman–Crippen MR) is 120 cm³/mol. The summed E-state index contributed by atoms with van der Waals surface area (Å²) in [6.07, 6.45) is 2.18. The van der Waals surface area contributed by atoms with Gasteiger partial charge >= 0.3 is 5.97 Å². The van der Waals surface area contributed by atoms with Crippen molar-refractivity contribution in [2.45, 2.75) is 38.7 Å². The summed E-state index contributed by atoms with van der Waals surface area (Å²) in [7, 11) is 0. The molecule has 0 amide bonds. The summed E-state index contributed by atoms with van der Waals surface area (Å²) in [4.78, 5) is 26.1. The predicted octanol–water partition coefficient (Wildman–Crippen LogP) is 5.00. The molecule has 4 rings (SSSR count). The number of hydrogen-bond acceptors (Lipinski definition) is 4. The molecular formula is C24H22INO3. The molecule has 1 aliphatic heterocycles. The van der Waals surface area contributed by atoms with Crippen LogP contribution in [0.1, 0.15) is 43.2 Å². The number of hydrogen-bond donors (Lipinski definition) is 1. The molecule has 1 heterocycles. The fourth-order valence-corrected chi connectivity index (χ4v) is 4.64. The molecule has 0 saturated heterocycles. The topological polar surface area (TPSA) is 55.4 Å². The molecule has 0 aromatic heterocycles. The first-order valence-electron chi connectivity index (χ1n) is 9.75. The molecule has 0 bridgehead atoms. The maximum atomic E-state index is 13.2. The van der Waals surface area contributed by atoms with Crippen LogP contribution in [0.15, 0.2) is 77.1 Å². The van der Waals surface area contributed by atoms with Crippen molar-refractivity contribution in [2.24, 2.45) is 0 Å². The molecule has 29 heavy (non-hydrogen) atoms. The van der Waals surface area contributed by atoms with Crippen LogP contribution in [-0.4, -0.2) is 11.8 Å². The second-order valence-corrected chi connectivity index (χ2v) is 8.63. The molecular weight excluding hydrogens is 477 g/mol. The minimum Gasteiger partial charge on any atom is -0.457 e. The number of carbonyl (C=O) groups is 2. The fraction of sp³-hybridized carbons (Fsp3) is 0.250. The molecule has 0 fully saturated rings. The summed E-state index contributed by atoms with van der Waals surface area (Å²) in [5.41, 5.74) is 4.84. The molecule has 1 atom stereocenters. The lowest BCUT2D eigenvalue weighted by Crippen LogP contribution is -2.34. The molecule has 1 N–H and O–H groups in total. The molecule has 2 aromatic carbocycles. The average Bonchev–Trinajstić information content (AvgIpc) is 2.72. The van der Waals surface area contributed by atoms with Gasteiger partial charge in [-0.2, -0.15) is 0 Å². The van der Waals surface area contributed by atoms with Crippen molar-refractivity contribution >= 4 is 34.3 Å². The Morgan fingerprint density at radius 1 is 1.14 bits per heavy atom. The second-order valence-electron chi connectivity index (χ2n) is 7.38. The fourth-order valence-electron chi connectivity index (χ4n) is 4.07. The number of ether oxygens (including phenoxy) is 1. The highest BCUT2D eigenvalue weighted by Gasteiger charge is 2.39. The lowest BCUT2D eigenvalue weighted by Gasteiger charge is -2.34. The maximum absolute atomic E-state index is 13.2. The lowest BCUT2D eigenvalue weighted by molar-refractivity contribution is -0.140. The van der Waals surface area contributed by atoms with E-state index < -0.39 is 5.92 Å². The summed E-state index contributed by atoms with van der Waals surface area (Å²) in [6, 6.07) is 17.6. The molecule has 5 heteroatoms. The molecule has 148 valence electrons. The largest absolute Gasteiger partial charge is 0.457 e. The number of rotatable bonds is 4. The second kappa shape index (κ2) is 8.53. The number of carbonyl (C=O) groups excluding carboxylic acids is 2. The van der Waals surface area contributed by atoms with Crippen LogP contribution in [0.25, 0.3) is 0 Å². The number of dihydropyridines is 1. The Hall–Kier alpha value is -2.41. The van der Waals surface area contributed by atoms with Gasteiger partial charge in [0.15, 0.2) is 5.78 Å². The summed E-state index contributed by atoms with van der Waals surface area (Å²) in [6.45, 7) is 2.10. The molecule has 0 spiro atoms. The Labute approximate surface area is 184 Å². The number of nitrogens with one attached hydrogen (secondary N) is 1. The monoisotopic (exact) mass is 499 g/mol. The molecule has 0 saturated carbocycles. The SMILES string of the molecule is CC1=C(C(=O)OCc2ccccc2)C(c2cccc(I)c2)C2=C(CCCC2=O)N1. The van der Waals surface area contributed by atoms with Gasteiger partial charge in [0.1, 0.15) is 6.61 Å². The van der Waals surface area contributed by atoms with Crippen LogP contribution in [0, 0.1) is 3.57 Å². The summed E-state index contributed by atoms with van der Waals surface area (Å²) < 4.78 is 6.73. The van der Waals surface area contributed by atoms with E-state index in [4.69, 9.17) is 4.74 Å². The van der Waals surface area contributed by atoms with Crippen LogP contribution in [-0.2, 0) is 20.9 Å². The molecule has 2 aromatic rings. The van der Waals surface area contributed by atoms with Crippen LogP contribution < -0.4 is 5.32 Å². The van der Waals surface area contributed by atoms with Crippen molar-refractivity contribution < 1.29 is 14.3 Å². The third-order valence-corrected chi connectivity index (χ3v) is 6.06. The van der Waals surface area contributed by atoms with Crippen molar-refractivity contribution in [3.05, 3.63) is 91.8 Å². The van der Waals surface area contributed by atoms with E-state index >= 15 is 0 Å². The molecule has 1 aliphatic carbocycles. The van der Waals surface area contributed by atoms with E-state index in [9.17, 15) is 9.59 Å². The third-order valence-electron chi connectivity index (χ3n) is 5.39. The summed E-state index contributed by atoms with van der Waals surface area (Å²) in [5, 5.41) is 3.33. The zero-order valence-electron chi connectivity index (χ0n) is 16.2. The number of esters is 1. The van der Waals surface area contributed by atoms with Gasteiger partial charge in [0.25, 0.3) is 0 Å². The number of benzene rings is 2. The normalized spacial score (nSPS) is 19.0. The first kappa shape index (κ1) is 19.9. The smallest absolute Gasteiger partial charge is 0.337 e. The van der Waals surface area contributed by atoms with E-state index in [1.165, 1.54) is 0 Å². The third kappa shape index (κ3) is 4.15. The number of halogens is 1. The highest BCUT2D eigenvalue weighted by Crippen LogP contribution is 2.42. The molecule has 1 unspecified atom stereocenters. The summed E-state index contributed by atoms with van der Waals surface area (Å²) in [5.74, 6) is -0.659. The Morgan fingerprint density at radius 2 is 1.93 bits per heavy atom. The lowest BCUT2D eigenvalue weighted by atomic mass is 9.75. The zero-order chi connectivity index (χ0) is 20.4. The van der Waals surface area contributed by atoms with Crippen LogP contribution in [0.3, 0.4) is 0 Å². The number of ketones is 1. The van der Waals surface area contributed by atoms with Gasteiger partial charge in [0.05, 0.1) is 5.57 Å². The highest BCUT2D eigenvalue weighted by molar-refractivity contribution is 14.1.